The second kappa shape index (κ2) is 10.8. The van der Waals surface area contributed by atoms with E-state index in [0.29, 0.717) is 28.2 Å². The van der Waals surface area contributed by atoms with Crippen LogP contribution < -0.4 is 15.0 Å². The fraction of sp³-hybridized carbons (Fsp3) is 0.375. The topological polar surface area (TPSA) is 65.7 Å². The second-order valence-corrected chi connectivity index (χ2v) is 9.75. The maximum absolute atomic E-state index is 13.3. The van der Waals surface area contributed by atoms with Crippen LogP contribution in [-0.2, 0) is 0 Å². The first kappa shape index (κ1) is 24.7. The molecule has 0 aliphatic carbocycles. The Hall–Kier alpha value is -1.94. The monoisotopic (exact) mass is 611 g/mol. The number of nitrogens with zero attached hydrogens (tertiary/aromatic N) is 3. The Morgan fingerprint density at radius 1 is 1.22 bits per heavy atom. The van der Waals surface area contributed by atoms with Crippen LogP contribution in [0.4, 0.5) is 0 Å². The van der Waals surface area contributed by atoms with Crippen molar-refractivity contribution in [1.29, 1.82) is 0 Å². The van der Waals surface area contributed by atoms with Gasteiger partial charge in [0.1, 0.15) is 5.82 Å². The zero-order valence-corrected chi connectivity index (χ0v) is 22.6. The summed E-state index contributed by atoms with van der Waals surface area (Å²) in [4.78, 5) is 18.0. The molecule has 3 rings (SSSR count). The summed E-state index contributed by atoms with van der Waals surface area (Å²) in [6.07, 6.45) is 3.49. The van der Waals surface area contributed by atoms with E-state index in [1.807, 2.05) is 38.1 Å². The van der Waals surface area contributed by atoms with Crippen molar-refractivity contribution >= 4 is 55.6 Å². The van der Waals surface area contributed by atoms with E-state index in [2.05, 4.69) is 57.5 Å². The van der Waals surface area contributed by atoms with Crippen LogP contribution >= 0.6 is 38.5 Å². The van der Waals surface area contributed by atoms with E-state index in [4.69, 9.17) is 14.5 Å². The lowest BCUT2D eigenvalue weighted by molar-refractivity contribution is 0.206. The van der Waals surface area contributed by atoms with Crippen molar-refractivity contribution in [2.24, 2.45) is 5.10 Å². The molecule has 6 nitrogen and oxygen atoms in total. The Kier molecular flexibility index (Phi) is 8.32. The predicted molar refractivity (Wildman–Crippen MR) is 141 cm³/mol. The van der Waals surface area contributed by atoms with Crippen molar-refractivity contribution in [3.63, 3.8) is 0 Å². The molecule has 32 heavy (non-hydrogen) atoms. The quantitative estimate of drug-likeness (QED) is 0.220. The minimum atomic E-state index is -0.193. The first-order chi connectivity index (χ1) is 15.3. The molecule has 1 heterocycles. The molecule has 8 heteroatoms. The molecule has 0 aliphatic rings. The van der Waals surface area contributed by atoms with Crippen LogP contribution in [0.1, 0.15) is 57.8 Å². The molecule has 0 N–H and O–H groups in total. The number of methoxy groups -OCH3 is 1. The number of hydrogen-bond acceptors (Lipinski definition) is 5. The van der Waals surface area contributed by atoms with E-state index in [0.717, 1.165) is 26.4 Å². The van der Waals surface area contributed by atoms with Crippen molar-refractivity contribution in [3.05, 3.63) is 60.1 Å². The molecule has 0 spiro atoms. The molecule has 170 valence electrons. The molecule has 3 aromatic rings. The number of benzene rings is 2. The number of hydrogen-bond donors (Lipinski definition) is 0. The van der Waals surface area contributed by atoms with Crippen LogP contribution in [0, 0.1) is 3.57 Å². The molecular formula is C24H27BrIN3O3. The molecule has 2 atom stereocenters. The highest BCUT2D eigenvalue weighted by Crippen LogP contribution is 2.34. The smallest absolute Gasteiger partial charge is 0.282 e. The van der Waals surface area contributed by atoms with E-state index >= 15 is 0 Å². The van der Waals surface area contributed by atoms with Gasteiger partial charge in [-0.1, -0.05) is 36.7 Å². The van der Waals surface area contributed by atoms with Gasteiger partial charge in [0.2, 0.25) is 0 Å². The first-order valence-electron chi connectivity index (χ1n) is 10.6. The van der Waals surface area contributed by atoms with Crippen molar-refractivity contribution in [1.82, 2.24) is 9.66 Å². The zero-order valence-electron chi connectivity index (χ0n) is 18.9. The summed E-state index contributed by atoms with van der Waals surface area (Å²) in [5.74, 6) is 2.07. The highest BCUT2D eigenvalue weighted by atomic mass is 127. The fourth-order valence-corrected chi connectivity index (χ4v) is 4.23. The molecule has 0 amide bonds. The maximum Gasteiger partial charge on any atom is 0.282 e. The third kappa shape index (κ3) is 5.33. The summed E-state index contributed by atoms with van der Waals surface area (Å²) in [5.41, 5.74) is 1.28. The standard InChI is InChI=1S/C24H27BrIN3O3/c1-6-14(3)23-28-20-9-8-17(25)12-18(20)24(30)29(23)27-13-16-10-19(26)22(21(11-16)31-5)32-15(4)7-2/h8-15H,6-7H2,1-5H3/t14-,15-/m0/s1. The van der Waals surface area contributed by atoms with Gasteiger partial charge in [-0.2, -0.15) is 9.78 Å². The summed E-state index contributed by atoms with van der Waals surface area (Å²) in [6.45, 7) is 8.22. The minimum Gasteiger partial charge on any atom is -0.493 e. The Balaban J connectivity index is 2.10. The van der Waals surface area contributed by atoms with Crippen molar-refractivity contribution < 1.29 is 9.47 Å². The van der Waals surface area contributed by atoms with Gasteiger partial charge in [0.25, 0.3) is 5.56 Å². The molecule has 0 saturated carbocycles. The predicted octanol–water partition coefficient (Wildman–Crippen LogP) is 6.35. The highest BCUT2D eigenvalue weighted by molar-refractivity contribution is 14.1. The van der Waals surface area contributed by atoms with Gasteiger partial charge in [-0.25, -0.2) is 4.98 Å². The molecular weight excluding hydrogens is 585 g/mol. The molecule has 0 unspecified atom stereocenters. The molecule has 0 bridgehead atoms. The van der Waals surface area contributed by atoms with Gasteiger partial charge < -0.3 is 9.47 Å². The van der Waals surface area contributed by atoms with Gasteiger partial charge >= 0.3 is 0 Å². The summed E-state index contributed by atoms with van der Waals surface area (Å²) in [5, 5.41) is 5.07. The minimum absolute atomic E-state index is 0.0777. The lowest BCUT2D eigenvalue weighted by atomic mass is 10.1. The van der Waals surface area contributed by atoms with Crippen LogP contribution in [0.2, 0.25) is 0 Å². The van der Waals surface area contributed by atoms with Gasteiger partial charge in [-0.05, 0) is 78.3 Å². The van der Waals surface area contributed by atoms with E-state index < -0.39 is 0 Å². The van der Waals surface area contributed by atoms with Gasteiger partial charge in [-0.3, -0.25) is 4.79 Å². The molecule has 0 radical (unpaired) electrons. The van der Waals surface area contributed by atoms with Crippen LogP contribution in [0.5, 0.6) is 11.5 Å². The number of halogens is 2. The van der Waals surface area contributed by atoms with Crippen LogP contribution in [0.25, 0.3) is 10.9 Å². The summed E-state index contributed by atoms with van der Waals surface area (Å²) < 4.78 is 14.7. The molecule has 0 aliphatic heterocycles. The van der Waals surface area contributed by atoms with Crippen LogP contribution in [0.3, 0.4) is 0 Å². The Bertz CT molecular complexity index is 1210. The normalized spacial score (nSPS) is 13.5. The largest absolute Gasteiger partial charge is 0.493 e. The fourth-order valence-electron chi connectivity index (χ4n) is 3.12. The van der Waals surface area contributed by atoms with Crippen molar-refractivity contribution in [3.8, 4) is 11.5 Å². The van der Waals surface area contributed by atoms with Gasteiger partial charge in [0.05, 0.1) is 33.9 Å². The Labute approximate surface area is 210 Å². The average Bonchev–Trinajstić information content (AvgIpc) is 2.79. The second-order valence-electron chi connectivity index (χ2n) is 7.67. The molecule has 2 aromatic carbocycles. The maximum atomic E-state index is 13.3. The molecule has 0 saturated heterocycles. The van der Waals surface area contributed by atoms with E-state index in [-0.39, 0.29) is 17.6 Å². The summed E-state index contributed by atoms with van der Waals surface area (Å²) in [7, 11) is 1.62. The van der Waals surface area contributed by atoms with Crippen LogP contribution in [-0.4, -0.2) is 29.1 Å². The zero-order chi connectivity index (χ0) is 23.4. The van der Waals surface area contributed by atoms with Gasteiger partial charge in [-0.15, -0.1) is 0 Å². The van der Waals surface area contributed by atoms with Gasteiger partial charge in [0, 0.05) is 10.4 Å². The Morgan fingerprint density at radius 3 is 2.62 bits per heavy atom. The summed E-state index contributed by atoms with van der Waals surface area (Å²) in [6, 6.07) is 9.35. The third-order valence-electron chi connectivity index (χ3n) is 5.35. The number of fused-ring (bicyclic) bond motifs is 1. The first-order valence-corrected chi connectivity index (χ1v) is 12.5. The molecule has 0 fully saturated rings. The van der Waals surface area contributed by atoms with E-state index in [9.17, 15) is 4.79 Å². The SMILES string of the molecule is CC[C@H](C)Oc1c(I)cc(C=Nn2c([C@@H](C)CC)nc3ccc(Br)cc3c2=O)cc1OC. The van der Waals surface area contributed by atoms with E-state index in [1.54, 1.807) is 19.4 Å². The lowest BCUT2D eigenvalue weighted by Gasteiger charge is -2.17. The van der Waals surface area contributed by atoms with Gasteiger partial charge in [0.15, 0.2) is 11.5 Å². The number of ether oxygens (including phenoxy) is 2. The van der Waals surface area contributed by atoms with Crippen molar-refractivity contribution in [2.45, 2.75) is 52.6 Å². The van der Waals surface area contributed by atoms with Crippen LogP contribution in [0.15, 0.2) is 44.7 Å². The van der Waals surface area contributed by atoms with Crippen molar-refractivity contribution in [2.75, 3.05) is 7.11 Å². The highest BCUT2D eigenvalue weighted by Gasteiger charge is 2.17. The van der Waals surface area contributed by atoms with E-state index in [1.165, 1.54) is 4.68 Å². The third-order valence-corrected chi connectivity index (χ3v) is 6.65. The molecule has 1 aromatic heterocycles. The Morgan fingerprint density at radius 2 is 1.97 bits per heavy atom. The lowest BCUT2D eigenvalue weighted by Crippen LogP contribution is -2.23. The number of rotatable bonds is 8. The average molecular weight is 612 g/mol. The number of aromatic nitrogens is 2. The summed E-state index contributed by atoms with van der Waals surface area (Å²) >= 11 is 5.67.